The maximum atomic E-state index is 5.73. The molecule has 0 radical (unpaired) electrons. The highest BCUT2D eigenvalue weighted by molar-refractivity contribution is 5.33. The van der Waals surface area contributed by atoms with Gasteiger partial charge in [-0.05, 0) is 13.1 Å². The van der Waals surface area contributed by atoms with Crippen molar-refractivity contribution in [2.24, 2.45) is 5.73 Å². The van der Waals surface area contributed by atoms with Gasteiger partial charge in [-0.2, -0.15) is 0 Å². The fourth-order valence-corrected chi connectivity index (χ4v) is 1.80. The van der Waals surface area contributed by atoms with Crippen molar-refractivity contribution in [1.29, 1.82) is 0 Å². The number of nitrogens with two attached hydrogens (primary N) is 1. The van der Waals surface area contributed by atoms with E-state index in [0.717, 1.165) is 17.9 Å². The first-order chi connectivity index (χ1) is 8.22. The minimum Gasteiger partial charge on any atom is -0.496 e. The lowest BCUT2D eigenvalue weighted by molar-refractivity contribution is 0.106. The van der Waals surface area contributed by atoms with Crippen LogP contribution in [0.5, 0.6) is 5.75 Å². The molecule has 0 saturated carbocycles. The Labute approximate surface area is 103 Å². The fraction of sp³-hybridized carbons (Fsp3) is 0.538. The smallest absolute Gasteiger partial charge is 0.123 e. The predicted octanol–water partition coefficient (Wildman–Crippen LogP) is 1.10. The summed E-state index contributed by atoms with van der Waals surface area (Å²) in [5, 5.41) is 0. The molecule has 1 aromatic rings. The van der Waals surface area contributed by atoms with Crippen LogP contribution < -0.4 is 10.5 Å². The summed E-state index contributed by atoms with van der Waals surface area (Å²) in [6.45, 7) is 2.02. The number of nitrogens with zero attached hydrogens (tertiary/aromatic N) is 1. The Balaban J connectivity index is 2.68. The molecule has 0 aliphatic heterocycles. The summed E-state index contributed by atoms with van der Waals surface area (Å²) in [4.78, 5) is 2.18. The van der Waals surface area contributed by atoms with E-state index < -0.39 is 0 Å². The Morgan fingerprint density at radius 1 is 1.29 bits per heavy atom. The molecule has 0 bridgehead atoms. The number of benzene rings is 1. The zero-order valence-electron chi connectivity index (χ0n) is 10.8. The first-order valence-corrected chi connectivity index (χ1v) is 5.74. The Kier molecular flexibility index (Phi) is 5.97. The van der Waals surface area contributed by atoms with Crippen molar-refractivity contribution in [3.05, 3.63) is 29.8 Å². The van der Waals surface area contributed by atoms with Gasteiger partial charge >= 0.3 is 0 Å². The monoisotopic (exact) mass is 238 g/mol. The molecule has 1 atom stereocenters. The third-order valence-electron chi connectivity index (χ3n) is 2.87. The molecule has 0 aromatic heterocycles. The van der Waals surface area contributed by atoms with Crippen LogP contribution in [0.3, 0.4) is 0 Å². The van der Waals surface area contributed by atoms with Gasteiger partial charge in [-0.15, -0.1) is 0 Å². The van der Waals surface area contributed by atoms with Crippen molar-refractivity contribution in [3.63, 3.8) is 0 Å². The second-order valence-corrected chi connectivity index (χ2v) is 4.07. The van der Waals surface area contributed by atoms with E-state index in [1.54, 1.807) is 14.2 Å². The summed E-state index contributed by atoms with van der Waals surface area (Å²) in [6.07, 6.45) is 0. The number of likely N-dealkylation sites (N-methyl/N-ethyl adjacent to an activating group) is 1. The average molecular weight is 238 g/mol. The largest absolute Gasteiger partial charge is 0.496 e. The van der Waals surface area contributed by atoms with E-state index in [4.69, 9.17) is 15.2 Å². The lowest BCUT2D eigenvalue weighted by atomic mass is 10.1. The van der Waals surface area contributed by atoms with E-state index in [9.17, 15) is 0 Å². The summed E-state index contributed by atoms with van der Waals surface area (Å²) in [5.74, 6) is 0.910. The molecular weight excluding hydrogens is 216 g/mol. The predicted molar refractivity (Wildman–Crippen MR) is 69.2 cm³/mol. The van der Waals surface area contributed by atoms with Crippen molar-refractivity contribution in [2.75, 3.05) is 34.4 Å². The van der Waals surface area contributed by atoms with Crippen molar-refractivity contribution in [3.8, 4) is 5.75 Å². The maximum Gasteiger partial charge on any atom is 0.123 e. The molecule has 96 valence electrons. The van der Waals surface area contributed by atoms with Crippen LogP contribution in [-0.4, -0.2) is 45.4 Å². The van der Waals surface area contributed by atoms with E-state index in [1.807, 2.05) is 25.2 Å². The van der Waals surface area contributed by atoms with E-state index in [-0.39, 0.29) is 6.04 Å². The molecule has 1 rings (SSSR count). The second-order valence-electron chi connectivity index (χ2n) is 4.07. The van der Waals surface area contributed by atoms with Gasteiger partial charge in [-0.25, -0.2) is 0 Å². The lowest BCUT2D eigenvalue weighted by Gasteiger charge is -2.26. The van der Waals surface area contributed by atoms with Crippen molar-refractivity contribution < 1.29 is 9.47 Å². The summed E-state index contributed by atoms with van der Waals surface area (Å²) in [7, 11) is 5.43. The fourth-order valence-electron chi connectivity index (χ4n) is 1.80. The maximum absolute atomic E-state index is 5.73. The zero-order chi connectivity index (χ0) is 12.7. The van der Waals surface area contributed by atoms with Crippen LogP contribution >= 0.6 is 0 Å². The van der Waals surface area contributed by atoms with Gasteiger partial charge in [-0.1, -0.05) is 18.2 Å². The molecule has 0 aliphatic carbocycles. The van der Waals surface area contributed by atoms with Gasteiger partial charge in [-0.3, -0.25) is 4.90 Å². The first kappa shape index (κ1) is 14.0. The zero-order valence-corrected chi connectivity index (χ0v) is 10.8. The van der Waals surface area contributed by atoms with Crippen LogP contribution in [0.2, 0.25) is 0 Å². The standard InChI is InChI=1S/C13H22N2O2/c1-15(12(8-14)10-16-2)9-11-6-4-5-7-13(11)17-3/h4-7,12H,8-10,14H2,1-3H3. The Morgan fingerprint density at radius 3 is 2.59 bits per heavy atom. The van der Waals surface area contributed by atoms with E-state index in [0.29, 0.717) is 13.2 Å². The molecule has 4 heteroatoms. The van der Waals surface area contributed by atoms with Gasteiger partial charge in [0.25, 0.3) is 0 Å². The summed E-state index contributed by atoms with van der Waals surface area (Å²) in [6, 6.07) is 8.24. The van der Waals surface area contributed by atoms with E-state index in [2.05, 4.69) is 11.0 Å². The van der Waals surface area contributed by atoms with Gasteiger partial charge in [0.15, 0.2) is 0 Å². The Hall–Kier alpha value is -1.10. The molecule has 1 unspecified atom stereocenters. The minimum atomic E-state index is 0.227. The van der Waals surface area contributed by atoms with Crippen LogP contribution in [0, 0.1) is 0 Å². The molecule has 1 aromatic carbocycles. The molecule has 2 N–H and O–H groups in total. The number of methoxy groups -OCH3 is 2. The topological polar surface area (TPSA) is 47.7 Å². The average Bonchev–Trinajstić information content (AvgIpc) is 2.36. The number of para-hydroxylation sites is 1. The summed E-state index contributed by atoms with van der Waals surface area (Å²) >= 11 is 0. The molecule has 0 fully saturated rings. The number of hydrogen-bond donors (Lipinski definition) is 1. The third-order valence-corrected chi connectivity index (χ3v) is 2.87. The van der Waals surface area contributed by atoms with E-state index >= 15 is 0 Å². The first-order valence-electron chi connectivity index (χ1n) is 5.74. The SMILES string of the molecule is COCC(CN)N(C)Cc1ccccc1OC. The van der Waals surface area contributed by atoms with Crippen molar-refractivity contribution in [1.82, 2.24) is 4.90 Å². The number of rotatable bonds is 7. The number of ether oxygens (including phenoxy) is 2. The van der Waals surface area contributed by atoms with Gasteiger partial charge in [0.2, 0.25) is 0 Å². The van der Waals surface area contributed by atoms with Crippen LogP contribution in [0.15, 0.2) is 24.3 Å². The van der Waals surface area contributed by atoms with Crippen LogP contribution in [0.25, 0.3) is 0 Å². The molecule has 4 nitrogen and oxygen atoms in total. The molecule has 0 amide bonds. The highest BCUT2D eigenvalue weighted by Gasteiger charge is 2.14. The van der Waals surface area contributed by atoms with Crippen molar-refractivity contribution in [2.45, 2.75) is 12.6 Å². The molecule has 0 saturated heterocycles. The molecule has 0 spiro atoms. The van der Waals surface area contributed by atoms with Gasteiger partial charge in [0, 0.05) is 31.8 Å². The quantitative estimate of drug-likeness (QED) is 0.773. The summed E-state index contributed by atoms with van der Waals surface area (Å²) < 4.78 is 10.5. The molecule has 0 aliphatic rings. The Morgan fingerprint density at radius 2 is 2.00 bits per heavy atom. The normalized spacial score (nSPS) is 12.8. The van der Waals surface area contributed by atoms with Gasteiger partial charge < -0.3 is 15.2 Å². The van der Waals surface area contributed by atoms with Gasteiger partial charge in [0.05, 0.1) is 13.7 Å². The molecule has 17 heavy (non-hydrogen) atoms. The third kappa shape index (κ3) is 4.00. The van der Waals surface area contributed by atoms with Crippen LogP contribution in [-0.2, 0) is 11.3 Å². The lowest BCUT2D eigenvalue weighted by Crippen LogP contribution is -2.40. The highest BCUT2D eigenvalue weighted by Crippen LogP contribution is 2.19. The second kappa shape index (κ2) is 7.27. The van der Waals surface area contributed by atoms with Gasteiger partial charge in [0.1, 0.15) is 5.75 Å². The Bertz CT molecular complexity index is 331. The van der Waals surface area contributed by atoms with E-state index in [1.165, 1.54) is 0 Å². The number of hydrogen-bond acceptors (Lipinski definition) is 4. The summed E-state index contributed by atoms with van der Waals surface area (Å²) in [5.41, 5.74) is 6.89. The minimum absolute atomic E-state index is 0.227. The van der Waals surface area contributed by atoms with Crippen LogP contribution in [0.1, 0.15) is 5.56 Å². The highest BCUT2D eigenvalue weighted by atomic mass is 16.5. The molecule has 0 heterocycles. The van der Waals surface area contributed by atoms with Crippen molar-refractivity contribution >= 4 is 0 Å². The van der Waals surface area contributed by atoms with Crippen LogP contribution in [0.4, 0.5) is 0 Å². The molecular formula is C13H22N2O2.